The monoisotopic (exact) mass is 268 g/mol. The molecule has 4 heteroatoms. The lowest BCUT2D eigenvalue weighted by Crippen LogP contribution is -2.52. The summed E-state index contributed by atoms with van der Waals surface area (Å²) in [7, 11) is 0. The number of hydrogen-bond donors (Lipinski definition) is 2. The van der Waals surface area contributed by atoms with Crippen LogP contribution >= 0.6 is 15.9 Å². The van der Waals surface area contributed by atoms with Crippen molar-refractivity contribution < 1.29 is 4.79 Å². The number of hydrogen-bond acceptors (Lipinski definition) is 2. The highest BCUT2D eigenvalue weighted by molar-refractivity contribution is 9.10. The lowest BCUT2D eigenvalue weighted by atomic mass is 10.0. The number of benzene rings is 1. The largest absolute Gasteiger partial charge is 0.353 e. The lowest BCUT2D eigenvalue weighted by Gasteiger charge is -2.29. The van der Waals surface area contributed by atoms with Gasteiger partial charge in [-0.2, -0.15) is 0 Å². The Morgan fingerprint density at radius 2 is 2.00 bits per heavy atom. The number of carbonyl (C=O) groups excluding carboxylic acids is 1. The highest BCUT2D eigenvalue weighted by Gasteiger charge is 2.24. The molecule has 1 saturated heterocycles. The van der Waals surface area contributed by atoms with E-state index < -0.39 is 0 Å². The number of halogens is 1. The van der Waals surface area contributed by atoms with Crippen molar-refractivity contribution in [3.05, 3.63) is 34.3 Å². The van der Waals surface area contributed by atoms with Crippen LogP contribution in [0.25, 0.3) is 0 Å². The Bertz CT molecular complexity index is 363. The molecule has 2 N–H and O–H groups in total. The minimum absolute atomic E-state index is 0.0726. The first-order valence-electron chi connectivity index (χ1n) is 4.96. The van der Waals surface area contributed by atoms with E-state index in [1.54, 1.807) is 0 Å². The summed E-state index contributed by atoms with van der Waals surface area (Å²) in [6.07, 6.45) is 0. The molecule has 0 radical (unpaired) electrons. The first kappa shape index (κ1) is 10.6. The number of amides is 1. The zero-order valence-electron chi connectivity index (χ0n) is 8.46. The molecule has 3 nitrogen and oxygen atoms in total. The Balaban J connectivity index is 2.12. The molecule has 2 atom stereocenters. The molecule has 2 unspecified atom stereocenters. The Labute approximate surface area is 97.4 Å². The first-order valence-corrected chi connectivity index (χ1v) is 5.75. The third kappa shape index (κ3) is 2.38. The second-order valence-electron chi connectivity index (χ2n) is 3.74. The minimum atomic E-state index is -0.118. The maximum Gasteiger partial charge on any atom is 0.236 e. The smallest absolute Gasteiger partial charge is 0.236 e. The van der Waals surface area contributed by atoms with E-state index in [2.05, 4.69) is 38.7 Å². The number of nitrogens with one attached hydrogen (secondary N) is 2. The quantitative estimate of drug-likeness (QED) is 0.813. The summed E-state index contributed by atoms with van der Waals surface area (Å²) in [5, 5.41) is 6.16. The van der Waals surface area contributed by atoms with Crippen LogP contribution in [0.1, 0.15) is 18.5 Å². The summed E-state index contributed by atoms with van der Waals surface area (Å²) in [5.41, 5.74) is 1.20. The maximum atomic E-state index is 11.2. The van der Waals surface area contributed by atoms with Gasteiger partial charge in [0.2, 0.25) is 5.91 Å². The summed E-state index contributed by atoms with van der Waals surface area (Å²) >= 11 is 3.40. The van der Waals surface area contributed by atoms with Crippen LogP contribution in [0.4, 0.5) is 0 Å². The van der Waals surface area contributed by atoms with Crippen LogP contribution in [0.5, 0.6) is 0 Å². The summed E-state index contributed by atoms with van der Waals surface area (Å²) in [5.74, 6) is 0.0726. The molecule has 1 amide bonds. The van der Waals surface area contributed by atoms with Crippen molar-refractivity contribution in [2.24, 2.45) is 0 Å². The predicted octanol–water partition coefficient (Wildman–Crippen LogP) is 1.60. The van der Waals surface area contributed by atoms with Gasteiger partial charge in [-0.1, -0.05) is 28.1 Å². The van der Waals surface area contributed by atoms with E-state index in [9.17, 15) is 4.79 Å². The van der Waals surface area contributed by atoms with Crippen molar-refractivity contribution in [3.8, 4) is 0 Å². The topological polar surface area (TPSA) is 41.1 Å². The van der Waals surface area contributed by atoms with Crippen LogP contribution < -0.4 is 10.6 Å². The average Bonchev–Trinajstić information content (AvgIpc) is 2.23. The predicted molar refractivity (Wildman–Crippen MR) is 62.5 cm³/mol. The number of rotatable bonds is 1. The molecule has 1 aliphatic heterocycles. The van der Waals surface area contributed by atoms with Crippen LogP contribution in [0.15, 0.2) is 28.7 Å². The van der Waals surface area contributed by atoms with E-state index in [-0.39, 0.29) is 18.0 Å². The zero-order valence-corrected chi connectivity index (χ0v) is 10.0. The normalized spacial score (nSPS) is 26.1. The Hall–Kier alpha value is -0.870. The third-order valence-electron chi connectivity index (χ3n) is 2.60. The van der Waals surface area contributed by atoms with Crippen LogP contribution in [0, 0.1) is 0 Å². The van der Waals surface area contributed by atoms with Crippen molar-refractivity contribution in [1.82, 2.24) is 10.6 Å². The molecule has 0 spiro atoms. The van der Waals surface area contributed by atoms with E-state index in [4.69, 9.17) is 0 Å². The Morgan fingerprint density at radius 3 is 2.60 bits per heavy atom. The SMILES string of the molecule is CC1NC(c2ccc(Br)cc2)CNC1=O. The first-order chi connectivity index (χ1) is 7.16. The minimum Gasteiger partial charge on any atom is -0.353 e. The molecule has 1 fully saturated rings. The molecule has 1 aromatic carbocycles. The summed E-state index contributed by atoms with van der Waals surface area (Å²) in [4.78, 5) is 11.2. The van der Waals surface area contributed by atoms with Crippen molar-refractivity contribution in [2.45, 2.75) is 19.0 Å². The van der Waals surface area contributed by atoms with Crippen molar-refractivity contribution in [3.63, 3.8) is 0 Å². The standard InChI is InChI=1S/C11H13BrN2O/c1-7-11(15)13-6-10(14-7)8-2-4-9(12)5-3-8/h2-5,7,10,14H,6H2,1H3,(H,13,15). The maximum absolute atomic E-state index is 11.2. The van der Waals surface area contributed by atoms with Gasteiger partial charge in [-0.25, -0.2) is 0 Å². The van der Waals surface area contributed by atoms with Crippen molar-refractivity contribution in [2.75, 3.05) is 6.54 Å². The molecule has 2 rings (SSSR count). The van der Waals surface area contributed by atoms with Gasteiger partial charge in [0, 0.05) is 11.0 Å². The molecule has 1 aliphatic rings. The fourth-order valence-electron chi connectivity index (χ4n) is 1.70. The molecular formula is C11H13BrN2O. The van der Waals surface area contributed by atoms with E-state index in [0.29, 0.717) is 6.54 Å². The van der Waals surface area contributed by atoms with Crippen molar-refractivity contribution >= 4 is 21.8 Å². The second kappa shape index (κ2) is 4.33. The molecule has 0 saturated carbocycles. The average molecular weight is 269 g/mol. The summed E-state index contributed by atoms with van der Waals surface area (Å²) in [6, 6.07) is 8.24. The van der Waals surface area contributed by atoms with Gasteiger partial charge in [0.15, 0.2) is 0 Å². The Kier molecular flexibility index (Phi) is 3.07. The van der Waals surface area contributed by atoms with Gasteiger partial charge < -0.3 is 5.32 Å². The van der Waals surface area contributed by atoms with Crippen LogP contribution in [0.2, 0.25) is 0 Å². The summed E-state index contributed by atoms with van der Waals surface area (Å²) in [6.45, 7) is 2.53. The molecular weight excluding hydrogens is 256 g/mol. The highest BCUT2D eigenvalue weighted by atomic mass is 79.9. The van der Waals surface area contributed by atoms with Gasteiger partial charge in [0.25, 0.3) is 0 Å². The van der Waals surface area contributed by atoms with Gasteiger partial charge in [-0.3, -0.25) is 10.1 Å². The molecule has 15 heavy (non-hydrogen) atoms. The lowest BCUT2D eigenvalue weighted by molar-refractivity contribution is -0.124. The van der Waals surface area contributed by atoms with E-state index >= 15 is 0 Å². The van der Waals surface area contributed by atoms with E-state index in [1.807, 2.05) is 19.1 Å². The third-order valence-corrected chi connectivity index (χ3v) is 3.13. The van der Waals surface area contributed by atoms with Crippen molar-refractivity contribution in [1.29, 1.82) is 0 Å². The fraction of sp³-hybridized carbons (Fsp3) is 0.364. The summed E-state index contributed by atoms with van der Waals surface area (Å²) < 4.78 is 1.07. The highest BCUT2D eigenvalue weighted by Crippen LogP contribution is 2.18. The zero-order chi connectivity index (χ0) is 10.8. The van der Waals surface area contributed by atoms with Gasteiger partial charge in [0.1, 0.15) is 0 Å². The number of carbonyl (C=O) groups is 1. The number of piperazine rings is 1. The molecule has 0 bridgehead atoms. The molecule has 80 valence electrons. The van der Waals surface area contributed by atoms with Crippen LogP contribution in [-0.4, -0.2) is 18.5 Å². The van der Waals surface area contributed by atoms with Gasteiger partial charge in [-0.05, 0) is 24.6 Å². The van der Waals surface area contributed by atoms with E-state index in [1.165, 1.54) is 5.56 Å². The molecule has 0 aliphatic carbocycles. The van der Waals surface area contributed by atoms with E-state index in [0.717, 1.165) is 4.47 Å². The van der Waals surface area contributed by atoms with Crippen LogP contribution in [0.3, 0.4) is 0 Å². The molecule has 0 aromatic heterocycles. The fourth-order valence-corrected chi connectivity index (χ4v) is 1.97. The van der Waals surface area contributed by atoms with Crippen LogP contribution in [-0.2, 0) is 4.79 Å². The molecule has 1 aromatic rings. The van der Waals surface area contributed by atoms with Gasteiger partial charge in [0.05, 0.1) is 12.1 Å². The van der Waals surface area contributed by atoms with Gasteiger partial charge >= 0.3 is 0 Å². The molecule has 1 heterocycles. The second-order valence-corrected chi connectivity index (χ2v) is 4.65. The Morgan fingerprint density at radius 1 is 1.33 bits per heavy atom. The van der Waals surface area contributed by atoms with Gasteiger partial charge in [-0.15, -0.1) is 0 Å².